The fraction of sp³-hybridized carbons (Fsp3) is 1.00. The Balaban J connectivity index is 2.39. The lowest BCUT2D eigenvalue weighted by Crippen LogP contribution is -2.32. The molecule has 0 saturated carbocycles. The Morgan fingerprint density at radius 2 is 2.23 bits per heavy atom. The molecule has 0 radical (unpaired) electrons. The van der Waals surface area contributed by atoms with Crippen LogP contribution in [0.5, 0.6) is 0 Å². The van der Waals surface area contributed by atoms with Crippen molar-refractivity contribution in [1.82, 2.24) is 4.90 Å². The maximum absolute atomic E-state index is 9.11. The van der Waals surface area contributed by atoms with Crippen LogP contribution in [0, 0.1) is 11.8 Å². The summed E-state index contributed by atoms with van der Waals surface area (Å²) in [5.41, 5.74) is 5.61. The number of nitrogens with two attached hydrogens (primary N) is 1. The molecule has 1 saturated heterocycles. The predicted molar refractivity (Wildman–Crippen MR) is 54.4 cm³/mol. The van der Waals surface area contributed by atoms with E-state index >= 15 is 0 Å². The van der Waals surface area contributed by atoms with Crippen LogP contribution in [0.1, 0.15) is 20.3 Å². The average molecular weight is 186 g/mol. The molecule has 0 aliphatic carbocycles. The summed E-state index contributed by atoms with van der Waals surface area (Å²) < 4.78 is 0. The van der Waals surface area contributed by atoms with Crippen molar-refractivity contribution in [2.75, 3.05) is 26.2 Å². The maximum Gasteiger partial charge on any atom is 0.0474 e. The molecule has 3 nitrogen and oxygen atoms in total. The van der Waals surface area contributed by atoms with Crippen molar-refractivity contribution in [3.05, 3.63) is 0 Å². The Labute approximate surface area is 80.9 Å². The Morgan fingerprint density at radius 1 is 1.54 bits per heavy atom. The summed E-state index contributed by atoms with van der Waals surface area (Å²) in [6.07, 6.45) is 1.20. The Kier molecular flexibility index (Phi) is 4.16. The minimum atomic E-state index is 0.243. The predicted octanol–water partition coefficient (Wildman–Crippen LogP) is 0.284. The molecule has 78 valence electrons. The molecular weight excluding hydrogens is 164 g/mol. The summed E-state index contributed by atoms with van der Waals surface area (Å²) in [5, 5.41) is 9.11. The number of rotatable bonds is 4. The molecule has 0 spiro atoms. The van der Waals surface area contributed by atoms with Gasteiger partial charge >= 0.3 is 0 Å². The van der Waals surface area contributed by atoms with Crippen LogP contribution >= 0.6 is 0 Å². The molecule has 0 aromatic carbocycles. The molecule has 0 amide bonds. The van der Waals surface area contributed by atoms with E-state index < -0.39 is 0 Å². The molecule has 0 aromatic rings. The first-order valence-electron chi connectivity index (χ1n) is 5.24. The second-order valence-corrected chi connectivity index (χ2v) is 4.32. The number of nitrogens with zero attached hydrogens (tertiary/aromatic N) is 1. The molecule has 1 fully saturated rings. The lowest BCUT2D eigenvalue weighted by Gasteiger charge is -2.23. The van der Waals surface area contributed by atoms with Crippen LogP contribution in [-0.4, -0.2) is 42.3 Å². The van der Waals surface area contributed by atoms with Gasteiger partial charge in [-0.3, -0.25) is 0 Å². The van der Waals surface area contributed by atoms with Gasteiger partial charge in [0.15, 0.2) is 0 Å². The highest BCUT2D eigenvalue weighted by molar-refractivity contribution is 4.82. The number of hydrogen-bond donors (Lipinski definition) is 2. The highest BCUT2D eigenvalue weighted by atomic mass is 16.3. The zero-order chi connectivity index (χ0) is 9.84. The van der Waals surface area contributed by atoms with Gasteiger partial charge in [0, 0.05) is 19.2 Å². The van der Waals surface area contributed by atoms with Crippen LogP contribution in [0.2, 0.25) is 0 Å². The lowest BCUT2D eigenvalue weighted by atomic mass is 9.92. The minimum absolute atomic E-state index is 0.243. The van der Waals surface area contributed by atoms with Gasteiger partial charge in [0.1, 0.15) is 0 Å². The first-order valence-corrected chi connectivity index (χ1v) is 5.24. The maximum atomic E-state index is 9.11. The van der Waals surface area contributed by atoms with Crippen LogP contribution in [0.4, 0.5) is 0 Å². The summed E-state index contributed by atoms with van der Waals surface area (Å²) >= 11 is 0. The number of hydrogen-bond acceptors (Lipinski definition) is 3. The van der Waals surface area contributed by atoms with E-state index in [1.807, 2.05) is 0 Å². The summed E-state index contributed by atoms with van der Waals surface area (Å²) in [6, 6.07) is 0.627. The number of aliphatic hydroxyl groups is 1. The van der Waals surface area contributed by atoms with Gasteiger partial charge in [0.05, 0.1) is 0 Å². The van der Waals surface area contributed by atoms with Crippen molar-refractivity contribution in [3.8, 4) is 0 Å². The summed E-state index contributed by atoms with van der Waals surface area (Å²) in [4.78, 5) is 2.46. The third-order valence-electron chi connectivity index (χ3n) is 3.19. The van der Waals surface area contributed by atoms with Crippen molar-refractivity contribution >= 4 is 0 Å². The van der Waals surface area contributed by atoms with Crippen LogP contribution < -0.4 is 5.73 Å². The second-order valence-electron chi connectivity index (χ2n) is 4.32. The Hall–Kier alpha value is -0.120. The van der Waals surface area contributed by atoms with Crippen molar-refractivity contribution in [3.63, 3.8) is 0 Å². The van der Waals surface area contributed by atoms with E-state index in [1.54, 1.807) is 0 Å². The molecule has 1 aliphatic rings. The molecule has 0 aromatic heterocycles. The van der Waals surface area contributed by atoms with Gasteiger partial charge in [-0.2, -0.15) is 0 Å². The summed E-state index contributed by atoms with van der Waals surface area (Å²) in [7, 11) is 0. The molecule has 13 heavy (non-hydrogen) atoms. The monoisotopic (exact) mass is 186 g/mol. The first-order chi connectivity index (χ1) is 6.19. The van der Waals surface area contributed by atoms with E-state index in [4.69, 9.17) is 10.8 Å². The third kappa shape index (κ3) is 2.66. The zero-order valence-electron chi connectivity index (χ0n) is 8.74. The van der Waals surface area contributed by atoms with E-state index in [1.165, 1.54) is 13.0 Å². The molecule has 0 bridgehead atoms. The van der Waals surface area contributed by atoms with E-state index in [9.17, 15) is 0 Å². The van der Waals surface area contributed by atoms with E-state index in [0.29, 0.717) is 24.4 Å². The second kappa shape index (κ2) is 4.94. The average Bonchev–Trinajstić information content (AvgIpc) is 2.56. The summed E-state index contributed by atoms with van der Waals surface area (Å²) in [6.45, 7) is 7.58. The van der Waals surface area contributed by atoms with Crippen LogP contribution in [0.25, 0.3) is 0 Å². The van der Waals surface area contributed by atoms with Gasteiger partial charge in [0.2, 0.25) is 0 Å². The normalized spacial score (nSPS) is 27.0. The molecule has 3 N–H and O–H groups in total. The quantitative estimate of drug-likeness (QED) is 0.663. The molecule has 1 rings (SSSR count). The van der Waals surface area contributed by atoms with Crippen molar-refractivity contribution in [2.24, 2.45) is 17.6 Å². The Bertz CT molecular complexity index is 146. The van der Waals surface area contributed by atoms with Gasteiger partial charge < -0.3 is 15.7 Å². The third-order valence-corrected chi connectivity index (χ3v) is 3.19. The van der Waals surface area contributed by atoms with E-state index in [0.717, 1.165) is 6.54 Å². The van der Waals surface area contributed by atoms with Crippen LogP contribution in [0.3, 0.4) is 0 Å². The molecule has 2 unspecified atom stereocenters. The molecular formula is C10H22N2O. The fourth-order valence-electron chi connectivity index (χ4n) is 2.09. The standard InChI is InChI=1S/C10H22N2O/c1-8(2)12-4-3-9(6-12)10(5-11)7-13/h8-10,13H,3-7,11H2,1-2H3. The zero-order valence-corrected chi connectivity index (χ0v) is 8.74. The minimum Gasteiger partial charge on any atom is -0.396 e. The lowest BCUT2D eigenvalue weighted by molar-refractivity contribution is 0.173. The number of aliphatic hydroxyl groups excluding tert-OH is 1. The van der Waals surface area contributed by atoms with Gasteiger partial charge in [-0.1, -0.05) is 0 Å². The summed E-state index contributed by atoms with van der Waals surface area (Å²) in [5.74, 6) is 0.918. The highest BCUT2D eigenvalue weighted by Gasteiger charge is 2.29. The first kappa shape index (κ1) is 11.0. The highest BCUT2D eigenvalue weighted by Crippen LogP contribution is 2.24. The number of likely N-dealkylation sites (tertiary alicyclic amines) is 1. The molecule has 1 heterocycles. The van der Waals surface area contributed by atoms with Crippen LogP contribution in [0.15, 0.2) is 0 Å². The van der Waals surface area contributed by atoms with Crippen molar-refractivity contribution in [1.29, 1.82) is 0 Å². The van der Waals surface area contributed by atoms with E-state index in [2.05, 4.69) is 18.7 Å². The van der Waals surface area contributed by atoms with Crippen molar-refractivity contribution < 1.29 is 5.11 Å². The van der Waals surface area contributed by atoms with Crippen LogP contribution in [-0.2, 0) is 0 Å². The largest absolute Gasteiger partial charge is 0.396 e. The van der Waals surface area contributed by atoms with Gasteiger partial charge in [0.25, 0.3) is 0 Å². The molecule has 3 heteroatoms. The van der Waals surface area contributed by atoms with Gasteiger partial charge in [-0.05, 0) is 45.2 Å². The molecule has 2 atom stereocenters. The smallest absolute Gasteiger partial charge is 0.0474 e. The van der Waals surface area contributed by atoms with E-state index in [-0.39, 0.29) is 6.61 Å². The topological polar surface area (TPSA) is 49.5 Å². The fourth-order valence-corrected chi connectivity index (χ4v) is 2.09. The molecule has 1 aliphatic heterocycles. The van der Waals surface area contributed by atoms with Crippen molar-refractivity contribution in [2.45, 2.75) is 26.3 Å². The Morgan fingerprint density at radius 3 is 2.62 bits per heavy atom. The van der Waals surface area contributed by atoms with Gasteiger partial charge in [-0.15, -0.1) is 0 Å². The van der Waals surface area contributed by atoms with Gasteiger partial charge in [-0.25, -0.2) is 0 Å². The SMILES string of the molecule is CC(C)N1CCC(C(CN)CO)C1.